The third-order valence-corrected chi connectivity index (χ3v) is 3.59. The van der Waals surface area contributed by atoms with E-state index in [2.05, 4.69) is 37.9 Å². The Labute approximate surface area is 137 Å². The summed E-state index contributed by atoms with van der Waals surface area (Å²) in [5, 5.41) is 6.59. The first kappa shape index (κ1) is 15.5. The molecule has 0 aromatic heterocycles. The lowest BCUT2D eigenvalue weighted by Gasteiger charge is -2.09. The molecule has 2 rings (SSSR count). The van der Waals surface area contributed by atoms with Crippen LogP contribution in [0.4, 0.5) is 5.69 Å². The van der Waals surface area contributed by atoms with E-state index in [9.17, 15) is 4.79 Å². The highest BCUT2D eigenvalue weighted by Crippen LogP contribution is 2.18. The average Bonchev–Trinajstić information content (AvgIpc) is 2.48. The van der Waals surface area contributed by atoms with E-state index in [1.54, 1.807) is 18.3 Å². The second kappa shape index (κ2) is 7.21. The van der Waals surface area contributed by atoms with Crippen molar-refractivity contribution in [3.05, 3.63) is 62.7 Å². The first-order valence-electron chi connectivity index (χ1n) is 6.34. The van der Waals surface area contributed by atoms with Gasteiger partial charge in [0.25, 0.3) is 5.91 Å². The molecule has 21 heavy (non-hydrogen) atoms. The van der Waals surface area contributed by atoms with Gasteiger partial charge >= 0.3 is 0 Å². The summed E-state index contributed by atoms with van der Waals surface area (Å²) in [4.78, 5) is 16.8. The van der Waals surface area contributed by atoms with Crippen molar-refractivity contribution in [1.82, 2.24) is 0 Å². The molecule has 0 saturated carbocycles. The molecule has 0 aliphatic carbocycles. The monoisotopic (exact) mass is 394 g/mol. The van der Waals surface area contributed by atoms with Gasteiger partial charge in [-0.25, -0.2) is 0 Å². The van der Waals surface area contributed by atoms with Gasteiger partial charge in [-0.05, 0) is 71.0 Å². The number of carbonyl (C=O) groups excluding carboxylic acids is 1. The van der Waals surface area contributed by atoms with E-state index in [4.69, 9.17) is 0 Å². The summed E-state index contributed by atoms with van der Waals surface area (Å²) in [5.74, 6) is -0.130. The smallest absolute Gasteiger partial charge is 0.255 e. The van der Waals surface area contributed by atoms with Gasteiger partial charge in [0.1, 0.15) is 7.11 Å². The molecule has 0 saturated heterocycles. The molecule has 5 heteroatoms. The number of benzene rings is 2. The lowest BCUT2D eigenvalue weighted by Crippen LogP contribution is -2.12. The van der Waals surface area contributed by atoms with Crippen molar-refractivity contribution in [3.63, 3.8) is 0 Å². The number of oxime groups is 1. The van der Waals surface area contributed by atoms with E-state index in [0.717, 1.165) is 20.4 Å². The molecule has 0 unspecified atom stereocenters. The summed E-state index contributed by atoms with van der Waals surface area (Å²) in [6.07, 6.45) is 1.59. The molecule has 2 aromatic rings. The number of nitrogens with one attached hydrogen (secondary N) is 1. The van der Waals surface area contributed by atoms with Crippen LogP contribution in [0, 0.1) is 10.5 Å². The van der Waals surface area contributed by atoms with Crippen LogP contribution in [0.15, 0.2) is 47.6 Å². The number of anilines is 1. The Morgan fingerprint density at radius 3 is 2.57 bits per heavy atom. The lowest BCUT2D eigenvalue weighted by molar-refractivity contribution is 0.102. The molecular weight excluding hydrogens is 379 g/mol. The summed E-state index contributed by atoms with van der Waals surface area (Å²) >= 11 is 2.25. The Balaban J connectivity index is 2.11. The predicted molar refractivity (Wildman–Crippen MR) is 92.9 cm³/mol. The molecule has 0 heterocycles. The highest BCUT2D eigenvalue weighted by molar-refractivity contribution is 14.1. The van der Waals surface area contributed by atoms with Gasteiger partial charge in [0.15, 0.2) is 0 Å². The first-order valence-corrected chi connectivity index (χ1v) is 7.42. The van der Waals surface area contributed by atoms with Crippen molar-refractivity contribution in [2.45, 2.75) is 6.92 Å². The zero-order valence-corrected chi connectivity index (χ0v) is 13.9. The number of nitrogens with zero attached hydrogens (tertiary/aromatic N) is 1. The molecular formula is C16H15IN2O2. The van der Waals surface area contributed by atoms with Crippen LogP contribution in [0.25, 0.3) is 0 Å². The minimum absolute atomic E-state index is 0.130. The van der Waals surface area contributed by atoms with Gasteiger partial charge in [-0.3, -0.25) is 4.79 Å². The molecule has 1 N–H and O–H groups in total. The summed E-state index contributed by atoms with van der Waals surface area (Å²) in [6.45, 7) is 1.97. The molecule has 0 aliphatic heterocycles. The van der Waals surface area contributed by atoms with Crippen molar-refractivity contribution in [3.8, 4) is 0 Å². The molecule has 0 aliphatic rings. The molecule has 108 valence electrons. The van der Waals surface area contributed by atoms with Gasteiger partial charge in [-0.15, -0.1) is 0 Å². The number of amides is 1. The van der Waals surface area contributed by atoms with Crippen LogP contribution in [-0.2, 0) is 4.84 Å². The predicted octanol–water partition coefficient (Wildman–Crippen LogP) is 3.83. The van der Waals surface area contributed by atoms with Crippen molar-refractivity contribution in [2.24, 2.45) is 5.16 Å². The van der Waals surface area contributed by atoms with Crippen LogP contribution in [0.1, 0.15) is 21.5 Å². The van der Waals surface area contributed by atoms with Crippen molar-refractivity contribution >= 4 is 40.4 Å². The van der Waals surface area contributed by atoms with Crippen molar-refractivity contribution in [2.75, 3.05) is 12.4 Å². The summed E-state index contributed by atoms with van der Waals surface area (Å²) in [7, 11) is 1.49. The Kier molecular flexibility index (Phi) is 5.32. The van der Waals surface area contributed by atoms with Gasteiger partial charge < -0.3 is 10.2 Å². The van der Waals surface area contributed by atoms with Gasteiger partial charge in [0.05, 0.1) is 6.21 Å². The van der Waals surface area contributed by atoms with Gasteiger partial charge in [0, 0.05) is 14.8 Å². The van der Waals surface area contributed by atoms with Crippen LogP contribution in [0.2, 0.25) is 0 Å². The third-order valence-electron chi connectivity index (χ3n) is 2.92. The van der Waals surface area contributed by atoms with Crippen LogP contribution in [0.5, 0.6) is 0 Å². The van der Waals surface area contributed by atoms with Crippen LogP contribution in [-0.4, -0.2) is 19.2 Å². The quantitative estimate of drug-likeness (QED) is 0.487. The van der Waals surface area contributed by atoms with Crippen molar-refractivity contribution < 1.29 is 9.63 Å². The molecule has 0 bridgehead atoms. The van der Waals surface area contributed by atoms with E-state index in [-0.39, 0.29) is 5.91 Å². The van der Waals surface area contributed by atoms with E-state index in [1.807, 2.05) is 37.3 Å². The minimum atomic E-state index is -0.130. The number of rotatable bonds is 4. The Morgan fingerprint density at radius 1 is 1.24 bits per heavy atom. The largest absolute Gasteiger partial charge is 0.399 e. The highest BCUT2D eigenvalue weighted by Gasteiger charge is 2.07. The fourth-order valence-electron chi connectivity index (χ4n) is 1.80. The van der Waals surface area contributed by atoms with E-state index >= 15 is 0 Å². The summed E-state index contributed by atoms with van der Waals surface area (Å²) < 4.78 is 1.14. The van der Waals surface area contributed by atoms with Crippen LogP contribution < -0.4 is 5.32 Å². The maximum Gasteiger partial charge on any atom is 0.255 e. The molecule has 0 fully saturated rings. The van der Waals surface area contributed by atoms with Gasteiger partial charge in [-0.2, -0.15) is 0 Å². The molecule has 0 radical (unpaired) electrons. The Hall–Kier alpha value is -1.89. The van der Waals surface area contributed by atoms with Gasteiger partial charge in [0.2, 0.25) is 0 Å². The maximum atomic E-state index is 12.2. The molecule has 0 atom stereocenters. The lowest BCUT2D eigenvalue weighted by atomic mass is 10.1. The number of aryl methyl sites for hydroxylation is 1. The molecule has 0 spiro atoms. The zero-order chi connectivity index (χ0) is 15.2. The number of hydrogen-bond donors (Lipinski definition) is 1. The normalized spacial score (nSPS) is 10.6. The molecule has 1 amide bonds. The van der Waals surface area contributed by atoms with Gasteiger partial charge in [-0.1, -0.05) is 17.3 Å². The fourth-order valence-corrected chi connectivity index (χ4v) is 2.44. The van der Waals surface area contributed by atoms with E-state index < -0.39 is 0 Å². The molecule has 2 aromatic carbocycles. The average molecular weight is 394 g/mol. The second-order valence-corrected chi connectivity index (χ2v) is 5.70. The number of hydrogen-bond acceptors (Lipinski definition) is 3. The number of halogens is 1. The zero-order valence-electron chi connectivity index (χ0n) is 11.8. The standard InChI is InChI=1S/C16H15IN2O2/c1-11-9-14(17)7-8-15(11)19-16(20)13-5-3-12(4-6-13)10-18-21-2/h3-10H,1-2H3,(H,19,20)/b18-10+. The topological polar surface area (TPSA) is 50.7 Å². The highest BCUT2D eigenvalue weighted by atomic mass is 127. The summed E-state index contributed by atoms with van der Waals surface area (Å²) in [5.41, 5.74) is 3.34. The minimum Gasteiger partial charge on any atom is -0.399 e. The molecule has 4 nitrogen and oxygen atoms in total. The fraction of sp³-hybridized carbons (Fsp3) is 0.125. The van der Waals surface area contributed by atoms with E-state index in [0.29, 0.717) is 5.56 Å². The first-order chi connectivity index (χ1) is 10.1. The van der Waals surface area contributed by atoms with Crippen LogP contribution in [0.3, 0.4) is 0 Å². The third kappa shape index (κ3) is 4.29. The SMILES string of the molecule is CO/N=C/c1ccc(C(=O)Nc2ccc(I)cc2C)cc1. The summed E-state index contributed by atoms with van der Waals surface area (Å²) in [6, 6.07) is 13.1. The number of carbonyl (C=O) groups is 1. The van der Waals surface area contributed by atoms with Crippen molar-refractivity contribution in [1.29, 1.82) is 0 Å². The Bertz CT molecular complexity index is 666. The Morgan fingerprint density at radius 2 is 1.95 bits per heavy atom. The van der Waals surface area contributed by atoms with E-state index in [1.165, 1.54) is 7.11 Å². The second-order valence-electron chi connectivity index (χ2n) is 4.45. The van der Waals surface area contributed by atoms with Crippen LogP contribution >= 0.6 is 22.6 Å². The maximum absolute atomic E-state index is 12.2.